The van der Waals surface area contributed by atoms with E-state index in [2.05, 4.69) is 4.72 Å². The molecule has 1 N–H and O–H groups in total. The Labute approximate surface area is 209 Å². The molecule has 0 amide bonds. The van der Waals surface area contributed by atoms with Crippen LogP contribution in [0.4, 0.5) is 5.95 Å². The molecule has 0 saturated heterocycles. The molecule has 1 aromatic heterocycles. The molecular formula is C29H23N3O3S. The molecule has 7 heteroatoms. The van der Waals surface area contributed by atoms with E-state index in [1.807, 2.05) is 73.7 Å². The van der Waals surface area contributed by atoms with Gasteiger partial charge < -0.3 is 0 Å². The highest BCUT2D eigenvalue weighted by Crippen LogP contribution is 2.30. The van der Waals surface area contributed by atoms with Gasteiger partial charge in [-0.05, 0) is 36.8 Å². The predicted octanol–water partition coefficient (Wildman–Crippen LogP) is 5.68. The summed E-state index contributed by atoms with van der Waals surface area (Å²) in [5, 5.41) is 0. The highest BCUT2D eigenvalue weighted by Gasteiger charge is 2.24. The summed E-state index contributed by atoms with van der Waals surface area (Å²) >= 11 is 0. The fourth-order valence-corrected chi connectivity index (χ4v) is 4.96. The van der Waals surface area contributed by atoms with Gasteiger partial charge in [0.1, 0.15) is 0 Å². The van der Waals surface area contributed by atoms with Crippen LogP contribution in [0.5, 0.6) is 0 Å². The Kier molecular flexibility index (Phi) is 6.23. The average molecular weight is 494 g/mol. The van der Waals surface area contributed by atoms with Gasteiger partial charge in [0.15, 0.2) is 0 Å². The Morgan fingerprint density at radius 2 is 1.22 bits per heavy atom. The van der Waals surface area contributed by atoms with Crippen LogP contribution in [0.2, 0.25) is 0 Å². The lowest BCUT2D eigenvalue weighted by Gasteiger charge is -2.18. The zero-order valence-electron chi connectivity index (χ0n) is 19.5. The van der Waals surface area contributed by atoms with Crippen molar-refractivity contribution in [2.45, 2.75) is 11.8 Å². The summed E-state index contributed by atoms with van der Waals surface area (Å²) < 4.78 is 30.6. The number of sulfonamides is 1. The molecule has 0 aliphatic rings. The molecule has 0 unspecified atom stereocenters. The molecule has 0 saturated carbocycles. The van der Waals surface area contributed by atoms with Crippen LogP contribution in [0, 0.1) is 6.92 Å². The van der Waals surface area contributed by atoms with E-state index in [-0.39, 0.29) is 16.4 Å². The van der Waals surface area contributed by atoms with E-state index in [4.69, 9.17) is 4.98 Å². The van der Waals surface area contributed by atoms with Crippen molar-refractivity contribution in [1.82, 2.24) is 9.55 Å². The third-order valence-electron chi connectivity index (χ3n) is 5.76. The van der Waals surface area contributed by atoms with Crippen LogP contribution in [0.1, 0.15) is 5.56 Å². The maximum Gasteiger partial charge on any atom is 0.268 e. The number of para-hydroxylation sites is 1. The maximum atomic E-state index is 14.1. The fraction of sp³-hybridized carbons (Fsp3) is 0.0345. The molecule has 0 fully saturated rings. The first-order valence-corrected chi connectivity index (χ1v) is 12.9. The fourth-order valence-electron chi connectivity index (χ4n) is 3.97. The number of anilines is 1. The number of hydrogen-bond acceptors (Lipinski definition) is 4. The van der Waals surface area contributed by atoms with Crippen LogP contribution in [0.15, 0.2) is 125 Å². The van der Waals surface area contributed by atoms with Gasteiger partial charge in [0.05, 0.1) is 21.8 Å². The molecule has 5 aromatic rings. The number of nitrogens with one attached hydrogen (secondary N) is 1. The van der Waals surface area contributed by atoms with Crippen LogP contribution in [0.25, 0.3) is 28.1 Å². The van der Waals surface area contributed by atoms with Crippen molar-refractivity contribution < 1.29 is 8.42 Å². The van der Waals surface area contributed by atoms with Crippen LogP contribution >= 0.6 is 0 Å². The standard InChI is InChI=1S/C29H23N3O3S/c1-21-17-19-25(20-18-21)36(34,35)31-29-30-27(23-13-7-3-8-14-23)26(22-11-5-2-6-12-22)28(33)32(29)24-15-9-4-10-16-24/h2-20H,1H3,(H,30,31). The molecule has 0 aliphatic carbocycles. The molecule has 1 heterocycles. The third-order valence-corrected chi connectivity index (χ3v) is 7.11. The molecular weight excluding hydrogens is 470 g/mol. The van der Waals surface area contributed by atoms with E-state index >= 15 is 0 Å². The van der Waals surface area contributed by atoms with Crippen molar-refractivity contribution in [2.75, 3.05) is 4.72 Å². The number of benzene rings is 4. The Hall–Kier alpha value is -4.49. The highest BCUT2D eigenvalue weighted by atomic mass is 32.2. The van der Waals surface area contributed by atoms with Crippen LogP contribution in [-0.4, -0.2) is 18.0 Å². The van der Waals surface area contributed by atoms with E-state index < -0.39 is 10.0 Å². The monoisotopic (exact) mass is 493 g/mol. The predicted molar refractivity (Wildman–Crippen MR) is 143 cm³/mol. The molecule has 0 spiro atoms. The molecule has 6 nitrogen and oxygen atoms in total. The highest BCUT2D eigenvalue weighted by molar-refractivity contribution is 7.92. The first kappa shape index (κ1) is 23.3. The number of rotatable bonds is 6. The summed E-state index contributed by atoms with van der Waals surface area (Å²) in [7, 11) is -4.03. The molecule has 5 rings (SSSR count). The van der Waals surface area contributed by atoms with Crippen molar-refractivity contribution in [3.05, 3.63) is 131 Å². The van der Waals surface area contributed by atoms with Gasteiger partial charge in [0.2, 0.25) is 5.95 Å². The molecule has 36 heavy (non-hydrogen) atoms. The van der Waals surface area contributed by atoms with Gasteiger partial charge in [-0.3, -0.25) is 4.79 Å². The topological polar surface area (TPSA) is 81.1 Å². The normalized spacial score (nSPS) is 11.2. The van der Waals surface area contributed by atoms with Gasteiger partial charge in [-0.2, -0.15) is 0 Å². The second-order valence-corrected chi connectivity index (χ2v) is 9.97. The zero-order chi connectivity index (χ0) is 25.1. The van der Waals surface area contributed by atoms with Crippen molar-refractivity contribution in [3.8, 4) is 28.1 Å². The van der Waals surface area contributed by atoms with Crippen molar-refractivity contribution in [1.29, 1.82) is 0 Å². The van der Waals surface area contributed by atoms with E-state index in [1.54, 1.807) is 36.4 Å². The summed E-state index contributed by atoms with van der Waals surface area (Å²) in [5.74, 6) is -0.0923. The van der Waals surface area contributed by atoms with Gasteiger partial charge >= 0.3 is 0 Å². The molecule has 0 aliphatic heterocycles. The van der Waals surface area contributed by atoms with Gasteiger partial charge in [0, 0.05) is 5.56 Å². The molecule has 0 radical (unpaired) electrons. The van der Waals surface area contributed by atoms with E-state index in [9.17, 15) is 13.2 Å². The summed E-state index contributed by atoms with van der Waals surface area (Å²) in [6, 6.07) is 33.9. The minimum atomic E-state index is -4.03. The summed E-state index contributed by atoms with van der Waals surface area (Å²) in [4.78, 5) is 19.0. The number of nitrogens with zero attached hydrogens (tertiary/aromatic N) is 2. The smallest absolute Gasteiger partial charge is 0.268 e. The largest absolute Gasteiger partial charge is 0.268 e. The Morgan fingerprint density at radius 1 is 0.694 bits per heavy atom. The number of aryl methyl sites for hydroxylation is 1. The second kappa shape index (κ2) is 9.64. The van der Waals surface area contributed by atoms with Gasteiger partial charge in [-0.15, -0.1) is 0 Å². The Morgan fingerprint density at radius 3 is 1.81 bits per heavy atom. The van der Waals surface area contributed by atoms with Gasteiger partial charge in [-0.1, -0.05) is 96.6 Å². The SMILES string of the molecule is Cc1ccc(S(=O)(=O)Nc2nc(-c3ccccc3)c(-c3ccccc3)c(=O)n2-c2ccccc2)cc1. The van der Waals surface area contributed by atoms with Gasteiger partial charge in [-0.25, -0.2) is 22.7 Å². The van der Waals surface area contributed by atoms with Crippen LogP contribution < -0.4 is 10.3 Å². The average Bonchev–Trinajstić information content (AvgIpc) is 2.90. The lowest BCUT2D eigenvalue weighted by atomic mass is 10.0. The van der Waals surface area contributed by atoms with Crippen molar-refractivity contribution >= 4 is 16.0 Å². The van der Waals surface area contributed by atoms with E-state index in [0.29, 0.717) is 28.1 Å². The minimum absolute atomic E-state index is 0.0790. The molecule has 0 bridgehead atoms. The molecule has 0 atom stereocenters. The minimum Gasteiger partial charge on any atom is -0.268 e. The maximum absolute atomic E-state index is 14.1. The first-order chi connectivity index (χ1) is 17.4. The Balaban J connectivity index is 1.81. The number of aromatic nitrogens is 2. The second-order valence-electron chi connectivity index (χ2n) is 8.29. The summed E-state index contributed by atoms with van der Waals surface area (Å²) in [6.45, 7) is 1.88. The van der Waals surface area contributed by atoms with E-state index in [1.165, 1.54) is 16.7 Å². The summed E-state index contributed by atoms with van der Waals surface area (Å²) in [6.07, 6.45) is 0. The van der Waals surface area contributed by atoms with E-state index in [0.717, 1.165) is 5.56 Å². The quantitative estimate of drug-likeness (QED) is 0.330. The number of hydrogen-bond donors (Lipinski definition) is 1. The Bertz CT molecular complexity index is 1670. The van der Waals surface area contributed by atoms with Gasteiger partial charge in [0.25, 0.3) is 15.6 Å². The lowest BCUT2D eigenvalue weighted by Crippen LogP contribution is -2.28. The third kappa shape index (κ3) is 4.56. The van der Waals surface area contributed by atoms with Crippen LogP contribution in [-0.2, 0) is 10.0 Å². The first-order valence-electron chi connectivity index (χ1n) is 11.4. The summed E-state index contributed by atoms with van der Waals surface area (Å²) in [5.41, 5.74) is 3.20. The van der Waals surface area contributed by atoms with Crippen LogP contribution in [0.3, 0.4) is 0 Å². The zero-order valence-corrected chi connectivity index (χ0v) is 20.3. The molecule has 4 aromatic carbocycles. The lowest BCUT2D eigenvalue weighted by molar-refractivity contribution is 0.600. The van der Waals surface area contributed by atoms with Crippen molar-refractivity contribution in [2.24, 2.45) is 0 Å². The van der Waals surface area contributed by atoms with Crippen molar-refractivity contribution in [3.63, 3.8) is 0 Å². The molecule has 178 valence electrons.